The molecule has 3 heteroatoms. The number of nitrogens with zero attached hydrogens (tertiary/aromatic N) is 1. The minimum atomic E-state index is -0.558. The molecule has 0 spiro atoms. The van der Waals surface area contributed by atoms with Gasteiger partial charge in [-0.15, -0.1) is 4.99 Å². The summed E-state index contributed by atoms with van der Waals surface area (Å²) in [6.07, 6.45) is 2.59. The van der Waals surface area contributed by atoms with Crippen LogP contribution in [0.25, 0.3) is 0 Å². The highest BCUT2D eigenvalue weighted by molar-refractivity contribution is 5.96. The first-order valence-electron chi connectivity index (χ1n) is 3.02. The fourth-order valence-corrected chi connectivity index (χ4v) is 0.529. The van der Waals surface area contributed by atoms with Crippen LogP contribution >= 0.6 is 0 Å². The summed E-state index contributed by atoms with van der Waals surface area (Å²) in [4.78, 5) is 23.1. The van der Waals surface area contributed by atoms with Crippen molar-refractivity contribution in [3.05, 3.63) is 12.2 Å². The van der Waals surface area contributed by atoms with Gasteiger partial charge in [-0.05, 0) is 6.42 Å². The predicted octanol–water partition coefficient (Wildman–Crippen LogP) is 1.21. The van der Waals surface area contributed by atoms with E-state index in [4.69, 9.17) is 0 Å². The van der Waals surface area contributed by atoms with Gasteiger partial charge in [0.05, 0.1) is 0 Å². The molecule has 0 bridgehead atoms. The predicted molar refractivity (Wildman–Crippen MR) is 37.2 cm³/mol. The summed E-state index contributed by atoms with van der Waals surface area (Å²) in [6, 6.07) is 0. The van der Waals surface area contributed by atoms with E-state index in [0.29, 0.717) is 12.0 Å². The summed E-state index contributed by atoms with van der Waals surface area (Å²) in [5.41, 5.74) is 0.367. The van der Waals surface area contributed by atoms with Gasteiger partial charge in [0.1, 0.15) is 0 Å². The Morgan fingerprint density at radius 2 is 2.30 bits per heavy atom. The van der Waals surface area contributed by atoms with Gasteiger partial charge in [0.15, 0.2) is 0 Å². The van der Waals surface area contributed by atoms with Crippen molar-refractivity contribution in [1.29, 1.82) is 0 Å². The lowest BCUT2D eigenvalue weighted by molar-refractivity contribution is -0.114. The molecular weight excluding hydrogens is 130 g/mol. The van der Waals surface area contributed by atoms with E-state index in [2.05, 4.69) is 11.6 Å². The molecule has 0 N–H and O–H groups in total. The number of hydrogen-bond donors (Lipinski definition) is 0. The Morgan fingerprint density at radius 3 is 2.70 bits per heavy atom. The Hall–Kier alpha value is -1.21. The van der Waals surface area contributed by atoms with Crippen LogP contribution in [-0.4, -0.2) is 12.0 Å². The van der Waals surface area contributed by atoms with Crippen LogP contribution in [0.4, 0.5) is 0 Å². The topological polar surface area (TPSA) is 46.5 Å². The molecular formula is C7H9NO2. The molecule has 0 rings (SSSR count). The van der Waals surface area contributed by atoms with E-state index in [1.807, 2.05) is 6.92 Å². The van der Waals surface area contributed by atoms with Crippen molar-refractivity contribution >= 4 is 12.0 Å². The third kappa shape index (κ3) is 2.95. The Labute approximate surface area is 59.5 Å². The summed E-state index contributed by atoms with van der Waals surface area (Å²) in [5, 5.41) is 0. The molecule has 0 aromatic rings. The maximum atomic E-state index is 10.6. The van der Waals surface area contributed by atoms with E-state index in [1.165, 1.54) is 6.08 Å². The Morgan fingerprint density at radius 1 is 1.70 bits per heavy atom. The molecule has 0 saturated heterocycles. The lowest BCUT2D eigenvalue weighted by Crippen LogP contribution is -1.95. The normalized spacial score (nSPS) is 8.10. The molecule has 0 heterocycles. The van der Waals surface area contributed by atoms with Gasteiger partial charge in [0.2, 0.25) is 6.08 Å². The number of hydrogen-bond acceptors (Lipinski definition) is 2. The molecule has 0 saturated carbocycles. The Bertz CT molecular complexity index is 190. The minimum absolute atomic E-state index is 0.367. The molecule has 3 nitrogen and oxygen atoms in total. The summed E-state index contributed by atoms with van der Waals surface area (Å²) in [5.74, 6) is -0.558. The van der Waals surface area contributed by atoms with Gasteiger partial charge in [0.25, 0.3) is 5.91 Å². The molecule has 10 heavy (non-hydrogen) atoms. The zero-order valence-electron chi connectivity index (χ0n) is 5.89. The van der Waals surface area contributed by atoms with Crippen LogP contribution in [0.2, 0.25) is 0 Å². The Kier molecular flexibility index (Phi) is 4.09. The fraction of sp³-hybridized carbons (Fsp3) is 0.429. The molecule has 0 aliphatic heterocycles. The summed E-state index contributed by atoms with van der Waals surface area (Å²) >= 11 is 0. The first-order chi connectivity index (χ1) is 4.72. The van der Waals surface area contributed by atoms with Gasteiger partial charge in [-0.1, -0.05) is 19.9 Å². The largest absolute Gasteiger partial charge is 0.283 e. The van der Waals surface area contributed by atoms with Gasteiger partial charge in [-0.3, -0.25) is 4.79 Å². The monoisotopic (exact) mass is 139 g/mol. The molecule has 0 aromatic carbocycles. The van der Waals surface area contributed by atoms with E-state index in [-0.39, 0.29) is 0 Å². The van der Waals surface area contributed by atoms with E-state index in [1.54, 1.807) is 0 Å². The van der Waals surface area contributed by atoms with Gasteiger partial charge in [-0.2, -0.15) is 0 Å². The minimum Gasteiger partial charge on any atom is -0.266 e. The van der Waals surface area contributed by atoms with Crippen molar-refractivity contribution in [2.45, 2.75) is 19.8 Å². The molecule has 0 atom stereocenters. The highest BCUT2D eigenvalue weighted by Gasteiger charge is 2.01. The van der Waals surface area contributed by atoms with E-state index >= 15 is 0 Å². The lowest BCUT2D eigenvalue weighted by Gasteiger charge is -1.92. The number of rotatable bonds is 3. The number of isocyanates is 1. The summed E-state index contributed by atoms with van der Waals surface area (Å²) in [6.45, 7) is 5.36. The standard InChI is InChI=1S/C7H9NO2/c1-3-4-6(2)7(10)8-5-9/h2-4H2,1H3. The second-order valence-electron chi connectivity index (χ2n) is 1.86. The van der Waals surface area contributed by atoms with Gasteiger partial charge < -0.3 is 0 Å². The summed E-state index contributed by atoms with van der Waals surface area (Å²) in [7, 11) is 0. The highest BCUT2D eigenvalue weighted by atomic mass is 16.2. The molecule has 1 amide bonds. The van der Waals surface area contributed by atoms with Crippen molar-refractivity contribution in [3.8, 4) is 0 Å². The number of aliphatic imine (C=N–C) groups is 1. The third-order valence-electron chi connectivity index (χ3n) is 1.00. The molecule has 0 aromatic heterocycles. The molecule has 0 fully saturated rings. The smallest absolute Gasteiger partial charge is 0.266 e. The number of carbonyl (C=O) groups excluding carboxylic acids is 2. The third-order valence-corrected chi connectivity index (χ3v) is 1.00. The zero-order chi connectivity index (χ0) is 7.98. The van der Waals surface area contributed by atoms with Gasteiger partial charge in [0, 0.05) is 5.57 Å². The van der Waals surface area contributed by atoms with Crippen LogP contribution in [0.1, 0.15) is 19.8 Å². The van der Waals surface area contributed by atoms with Crippen LogP contribution in [0, 0.1) is 0 Å². The van der Waals surface area contributed by atoms with Crippen LogP contribution < -0.4 is 0 Å². The molecule has 54 valence electrons. The van der Waals surface area contributed by atoms with E-state index < -0.39 is 5.91 Å². The lowest BCUT2D eigenvalue weighted by atomic mass is 10.2. The molecule has 0 unspecified atom stereocenters. The first-order valence-corrected chi connectivity index (χ1v) is 3.02. The quantitative estimate of drug-likeness (QED) is 0.335. The van der Waals surface area contributed by atoms with Crippen LogP contribution in [0.3, 0.4) is 0 Å². The van der Waals surface area contributed by atoms with Gasteiger partial charge in [-0.25, -0.2) is 4.79 Å². The maximum Gasteiger partial charge on any atom is 0.283 e. The zero-order valence-corrected chi connectivity index (χ0v) is 5.89. The number of amides is 1. The number of carbonyl (C=O) groups is 1. The average Bonchev–Trinajstić information content (AvgIpc) is 1.89. The van der Waals surface area contributed by atoms with E-state index in [9.17, 15) is 9.59 Å². The Balaban J connectivity index is 3.95. The summed E-state index contributed by atoms with van der Waals surface area (Å²) < 4.78 is 0. The maximum absolute atomic E-state index is 10.6. The second kappa shape index (κ2) is 4.65. The van der Waals surface area contributed by atoms with Crippen LogP contribution in [-0.2, 0) is 9.59 Å². The molecule has 0 radical (unpaired) electrons. The van der Waals surface area contributed by atoms with Crippen molar-refractivity contribution in [2.24, 2.45) is 4.99 Å². The van der Waals surface area contributed by atoms with Crippen molar-refractivity contribution < 1.29 is 9.59 Å². The van der Waals surface area contributed by atoms with Gasteiger partial charge >= 0.3 is 0 Å². The van der Waals surface area contributed by atoms with Crippen LogP contribution in [0.15, 0.2) is 17.1 Å². The second-order valence-corrected chi connectivity index (χ2v) is 1.86. The highest BCUT2D eigenvalue weighted by Crippen LogP contribution is 2.02. The van der Waals surface area contributed by atoms with E-state index in [0.717, 1.165) is 6.42 Å². The van der Waals surface area contributed by atoms with Crippen LogP contribution in [0.5, 0.6) is 0 Å². The van der Waals surface area contributed by atoms with Crippen molar-refractivity contribution in [3.63, 3.8) is 0 Å². The fourth-order valence-electron chi connectivity index (χ4n) is 0.529. The average molecular weight is 139 g/mol. The SMILES string of the molecule is C=C(CCC)C(=O)N=C=O. The van der Waals surface area contributed by atoms with Crippen molar-refractivity contribution in [1.82, 2.24) is 0 Å². The first kappa shape index (κ1) is 8.79. The van der Waals surface area contributed by atoms with Crippen molar-refractivity contribution in [2.75, 3.05) is 0 Å². The molecule has 0 aliphatic carbocycles. The molecule has 0 aliphatic rings.